The van der Waals surface area contributed by atoms with Gasteiger partial charge >= 0.3 is 0 Å². The number of ketones is 1. The number of Topliss-reactive ketones (excluding diaryl/α,β-unsaturated/α-hetero) is 1. The van der Waals surface area contributed by atoms with E-state index < -0.39 is 4.92 Å². The molecule has 1 aromatic carbocycles. The van der Waals surface area contributed by atoms with Crippen LogP contribution in [0.4, 0.5) is 5.69 Å². The smallest absolute Gasteiger partial charge is 0.269 e. The van der Waals surface area contributed by atoms with Crippen molar-refractivity contribution in [2.24, 2.45) is 0 Å². The SMILES string of the molecule is Cc1cc(C(=O)COc2ccc([N+](=O)[O-])cc2)c(C)n1CCC1=CCCCC1. The van der Waals surface area contributed by atoms with E-state index in [2.05, 4.69) is 10.6 Å². The number of nitrogens with zero attached hydrogens (tertiary/aromatic N) is 2. The Hall–Kier alpha value is -2.89. The molecule has 0 spiro atoms. The molecule has 0 N–H and O–H groups in total. The van der Waals surface area contributed by atoms with E-state index in [-0.39, 0.29) is 18.1 Å². The average molecular weight is 382 g/mol. The molecule has 0 bridgehead atoms. The van der Waals surface area contributed by atoms with Gasteiger partial charge in [0.05, 0.1) is 4.92 Å². The Morgan fingerprint density at radius 3 is 2.61 bits per heavy atom. The minimum absolute atomic E-state index is 0.00435. The van der Waals surface area contributed by atoms with Crippen LogP contribution >= 0.6 is 0 Å². The van der Waals surface area contributed by atoms with Gasteiger partial charge in [-0.2, -0.15) is 0 Å². The molecule has 0 amide bonds. The molecule has 148 valence electrons. The summed E-state index contributed by atoms with van der Waals surface area (Å²) in [6.45, 7) is 4.80. The number of carbonyl (C=O) groups excluding carboxylic acids is 1. The van der Waals surface area contributed by atoms with Crippen LogP contribution < -0.4 is 4.74 Å². The van der Waals surface area contributed by atoms with Crippen LogP contribution in [0, 0.1) is 24.0 Å². The van der Waals surface area contributed by atoms with Crippen molar-refractivity contribution in [2.75, 3.05) is 6.61 Å². The van der Waals surface area contributed by atoms with Crippen molar-refractivity contribution in [3.63, 3.8) is 0 Å². The first-order valence-corrected chi connectivity index (χ1v) is 9.71. The summed E-state index contributed by atoms with van der Waals surface area (Å²) in [6, 6.07) is 7.67. The lowest BCUT2D eigenvalue weighted by atomic mass is 9.97. The van der Waals surface area contributed by atoms with Crippen molar-refractivity contribution in [3.05, 3.63) is 69.0 Å². The van der Waals surface area contributed by atoms with E-state index in [1.165, 1.54) is 55.5 Å². The lowest BCUT2D eigenvalue weighted by Gasteiger charge is -2.15. The maximum atomic E-state index is 12.6. The van der Waals surface area contributed by atoms with Gasteiger partial charge in [-0.1, -0.05) is 11.6 Å². The van der Waals surface area contributed by atoms with Gasteiger partial charge in [-0.05, 0) is 64.2 Å². The van der Waals surface area contributed by atoms with Crippen molar-refractivity contribution in [1.29, 1.82) is 0 Å². The molecule has 0 saturated heterocycles. The maximum Gasteiger partial charge on any atom is 0.269 e. The Kier molecular flexibility index (Phi) is 6.29. The van der Waals surface area contributed by atoms with E-state index >= 15 is 0 Å². The summed E-state index contributed by atoms with van der Waals surface area (Å²) in [5.41, 5.74) is 4.24. The fraction of sp³-hybridized carbons (Fsp3) is 0.409. The van der Waals surface area contributed by atoms with E-state index in [0.717, 1.165) is 24.4 Å². The van der Waals surface area contributed by atoms with Gasteiger partial charge in [0.1, 0.15) is 5.75 Å². The van der Waals surface area contributed by atoms with Crippen molar-refractivity contribution in [2.45, 2.75) is 52.5 Å². The molecule has 1 heterocycles. The Morgan fingerprint density at radius 1 is 1.21 bits per heavy atom. The number of benzene rings is 1. The summed E-state index contributed by atoms with van der Waals surface area (Å²) >= 11 is 0. The second-order valence-corrected chi connectivity index (χ2v) is 7.26. The molecule has 0 atom stereocenters. The highest BCUT2D eigenvalue weighted by Crippen LogP contribution is 2.23. The van der Waals surface area contributed by atoms with Gasteiger partial charge in [-0.3, -0.25) is 14.9 Å². The second kappa shape index (κ2) is 8.87. The highest BCUT2D eigenvalue weighted by Gasteiger charge is 2.17. The molecule has 28 heavy (non-hydrogen) atoms. The van der Waals surface area contributed by atoms with Crippen LogP contribution in [-0.2, 0) is 6.54 Å². The molecular weight excluding hydrogens is 356 g/mol. The molecule has 6 heteroatoms. The molecule has 3 rings (SSSR count). The third kappa shape index (κ3) is 4.68. The van der Waals surface area contributed by atoms with Crippen LogP contribution in [0.1, 0.15) is 53.8 Å². The normalized spacial score (nSPS) is 13.9. The topological polar surface area (TPSA) is 74.4 Å². The number of rotatable bonds is 8. The quantitative estimate of drug-likeness (QED) is 0.273. The van der Waals surface area contributed by atoms with Gasteiger partial charge < -0.3 is 9.30 Å². The van der Waals surface area contributed by atoms with Gasteiger partial charge in [0, 0.05) is 35.6 Å². The molecule has 0 saturated carbocycles. The Bertz CT molecular complexity index is 894. The van der Waals surface area contributed by atoms with E-state index in [9.17, 15) is 14.9 Å². The van der Waals surface area contributed by atoms with Crippen LogP contribution in [0.15, 0.2) is 42.0 Å². The van der Waals surface area contributed by atoms with Gasteiger partial charge in [0.15, 0.2) is 6.61 Å². The molecule has 0 radical (unpaired) electrons. The number of aromatic nitrogens is 1. The number of hydrogen-bond donors (Lipinski definition) is 0. The molecule has 0 fully saturated rings. The first-order valence-electron chi connectivity index (χ1n) is 9.71. The number of non-ortho nitro benzene ring substituents is 1. The number of nitro benzene ring substituents is 1. The van der Waals surface area contributed by atoms with Crippen molar-refractivity contribution >= 4 is 11.5 Å². The van der Waals surface area contributed by atoms with Crippen LogP contribution in [-0.4, -0.2) is 21.9 Å². The summed E-state index contributed by atoms with van der Waals surface area (Å²) in [7, 11) is 0. The number of hydrogen-bond acceptors (Lipinski definition) is 4. The minimum Gasteiger partial charge on any atom is -0.485 e. The van der Waals surface area contributed by atoms with Crippen LogP contribution in [0.3, 0.4) is 0 Å². The van der Waals surface area contributed by atoms with Crippen LogP contribution in [0.2, 0.25) is 0 Å². The summed E-state index contributed by atoms with van der Waals surface area (Å²) in [4.78, 5) is 22.9. The van der Waals surface area contributed by atoms with Gasteiger partial charge in [-0.25, -0.2) is 0 Å². The molecule has 1 aliphatic carbocycles. The van der Waals surface area contributed by atoms with Crippen molar-refractivity contribution < 1.29 is 14.5 Å². The average Bonchev–Trinajstić information content (AvgIpc) is 2.99. The van der Waals surface area contributed by atoms with Crippen LogP contribution in [0.5, 0.6) is 5.75 Å². The molecule has 0 unspecified atom stereocenters. The monoisotopic (exact) mass is 382 g/mol. The van der Waals surface area contributed by atoms with Gasteiger partial charge in [-0.15, -0.1) is 0 Å². The number of ether oxygens (including phenoxy) is 1. The predicted molar refractivity (Wildman–Crippen MR) is 108 cm³/mol. The third-order valence-corrected chi connectivity index (χ3v) is 5.33. The molecular formula is C22H26N2O4. The third-order valence-electron chi connectivity index (χ3n) is 5.33. The van der Waals surface area contributed by atoms with Crippen molar-refractivity contribution in [1.82, 2.24) is 4.57 Å². The van der Waals surface area contributed by atoms with E-state index in [4.69, 9.17) is 4.74 Å². The number of aryl methyl sites for hydroxylation is 1. The fourth-order valence-electron chi connectivity index (χ4n) is 3.71. The second-order valence-electron chi connectivity index (χ2n) is 7.26. The minimum atomic E-state index is -0.465. The summed E-state index contributed by atoms with van der Waals surface area (Å²) in [5, 5.41) is 10.7. The maximum absolute atomic E-state index is 12.6. The summed E-state index contributed by atoms with van der Waals surface area (Å²) in [6.07, 6.45) is 8.33. The highest BCUT2D eigenvalue weighted by molar-refractivity contribution is 5.98. The first kappa shape index (κ1) is 19.9. The standard InChI is InChI=1S/C22H26N2O4/c1-16-14-21(17(2)23(16)13-12-18-6-4-3-5-7-18)22(25)15-28-20-10-8-19(9-11-20)24(26)27/h6,8-11,14H,3-5,7,12-13,15H2,1-2H3. The Morgan fingerprint density at radius 2 is 1.96 bits per heavy atom. The van der Waals surface area contributed by atoms with Gasteiger partial charge in [0.2, 0.25) is 5.78 Å². The number of carbonyl (C=O) groups is 1. The van der Waals surface area contributed by atoms with E-state index in [1.54, 1.807) is 0 Å². The van der Waals surface area contributed by atoms with Gasteiger partial charge in [0.25, 0.3) is 5.69 Å². The summed E-state index contributed by atoms with van der Waals surface area (Å²) < 4.78 is 7.73. The molecule has 2 aromatic rings. The Balaban J connectivity index is 1.61. The van der Waals surface area contributed by atoms with E-state index in [0.29, 0.717) is 11.3 Å². The lowest BCUT2D eigenvalue weighted by molar-refractivity contribution is -0.384. The lowest BCUT2D eigenvalue weighted by Crippen LogP contribution is -2.13. The Labute approximate surface area is 165 Å². The number of nitro groups is 1. The zero-order valence-electron chi connectivity index (χ0n) is 16.4. The zero-order valence-corrected chi connectivity index (χ0v) is 16.4. The molecule has 6 nitrogen and oxygen atoms in total. The number of allylic oxidation sites excluding steroid dienone is 2. The predicted octanol–water partition coefficient (Wildman–Crippen LogP) is 5.17. The molecule has 1 aliphatic rings. The fourth-order valence-corrected chi connectivity index (χ4v) is 3.71. The van der Waals surface area contributed by atoms with Crippen molar-refractivity contribution in [3.8, 4) is 5.75 Å². The largest absolute Gasteiger partial charge is 0.485 e. The highest BCUT2D eigenvalue weighted by atomic mass is 16.6. The summed E-state index contributed by atoms with van der Waals surface area (Å²) in [5.74, 6) is 0.353. The first-order chi connectivity index (χ1) is 13.5. The molecule has 0 aliphatic heterocycles. The van der Waals surface area contributed by atoms with Crippen LogP contribution in [0.25, 0.3) is 0 Å². The molecule has 1 aromatic heterocycles. The van der Waals surface area contributed by atoms with E-state index in [1.807, 2.05) is 19.9 Å². The zero-order chi connectivity index (χ0) is 20.1.